The van der Waals surface area contributed by atoms with Crippen LogP contribution in [-0.2, 0) is 4.79 Å². The van der Waals surface area contributed by atoms with E-state index in [0.29, 0.717) is 6.42 Å². The second kappa shape index (κ2) is 5.43. The highest BCUT2D eigenvalue weighted by Crippen LogP contribution is 2.32. The number of thiophene rings is 1. The highest BCUT2D eigenvalue weighted by molar-refractivity contribution is 7.21. The van der Waals surface area contributed by atoms with Crippen molar-refractivity contribution in [3.63, 3.8) is 0 Å². The molecule has 1 N–H and O–H groups in total. The van der Waals surface area contributed by atoms with Gasteiger partial charge in [0.05, 0.1) is 0 Å². The third-order valence-corrected chi connectivity index (χ3v) is 4.18. The standard InChI is InChI=1S/C16H14N2OS/c1-2-15(19)18-13-7-5-11(6-8-13)14-10-12-4-3-9-17-16(12)20-14/h3-10H,2H2,1H3,(H,18,19). The summed E-state index contributed by atoms with van der Waals surface area (Å²) in [4.78, 5) is 17.9. The summed E-state index contributed by atoms with van der Waals surface area (Å²) in [6.07, 6.45) is 2.30. The molecule has 0 aliphatic heterocycles. The second-order valence-electron chi connectivity index (χ2n) is 4.49. The number of hydrogen-bond donors (Lipinski definition) is 1. The number of pyridine rings is 1. The normalized spacial score (nSPS) is 10.7. The Bertz CT molecular complexity index is 714. The van der Waals surface area contributed by atoms with Gasteiger partial charge in [0.2, 0.25) is 5.91 Å². The number of aromatic nitrogens is 1. The Balaban J connectivity index is 1.88. The van der Waals surface area contributed by atoms with Crippen molar-refractivity contribution in [1.82, 2.24) is 4.98 Å². The molecule has 0 atom stereocenters. The Morgan fingerprint density at radius 2 is 2.05 bits per heavy atom. The molecule has 0 aliphatic carbocycles. The Labute approximate surface area is 121 Å². The van der Waals surface area contributed by atoms with E-state index in [9.17, 15) is 4.79 Å². The zero-order valence-electron chi connectivity index (χ0n) is 11.1. The molecule has 0 saturated heterocycles. The number of anilines is 1. The van der Waals surface area contributed by atoms with Gasteiger partial charge in [0.1, 0.15) is 4.83 Å². The van der Waals surface area contributed by atoms with Crippen molar-refractivity contribution >= 4 is 33.1 Å². The van der Waals surface area contributed by atoms with Crippen LogP contribution in [0.25, 0.3) is 20.7 Å². The molecule has 0 aliphatic rings. The number of carbonyl (C=O) groups is 1. The summed E-state index contributed by atoms with van der Waals surface area (Å²) in [5.74, 6) is 0.0313. The fourth-order valence-electron chi connectivity index (χ4n) is 1.98. The van der Waals surface area contributed by atoms with Crippen molar-refractivity contribution in [2.45, 2.75) is 13.3 Å². The molecule has 100 valence electrons. The summed E-state index contributed by atoms with van der Waals surface area (Å²) in [5, 5.41) is 4.01. The van der Waals surface area contributed by atoms with E-state index in [0.717, 1.165) is 21.5 Å². The zero-order valence-corrected chi connectivity index (χ0v) is 11.9. The minimum atomic E-state index is 0.0313. The summed E-state index contributed by atoms with van der Waals surface area (Å²) in [5.41, 5.74) is 1.97. The number of fused-ring (bicyclic) bond motifs is 1. The van der Waals surface area contributed by atoms with E-state index in [1.54, 1.807) is 11.3 Å². The van der Waals surface area contributed by atoms with Crippen LogP contribution in [0.1, 0.15) is 13.3 Å². The fraction of sp³-hybridized carbons (Fsp3) is 0.125. The van der Waals surface area contributed by atoms with Gasteiger partial charge in [-0.1, -0.05) is 25.1 Å². The summed E-state index contributed by atoms with van der Waals surface area (Å²) in [6.45, 7) is 1.84. The molecule has 3 rings (SSSR count). The van der Waals surface area contributed by atoms with Gasteiger partial charge in [-0.2, -0.15) is 0 Å². The van der Waals surface area contributed by atoms with Crippen LogP contribution >= 0.6 is 11.3 Å². The lowest BCUT2D eigenvalue weighted by molar-refractivity contribution is -0.115. The Morgan fingerprint density at radius 3 is 2.75 bits per heavy atom. The van der Waals surface area contributed by atoms with E-state index in [-0.39, 0.29) is 5.91 Å². The van der Waals surface area contributed by atoms with E-state index in [4.69, 9.17) is 0 Å². The Hall–Kier alpha value is -2.20. The molecule has 0 bridgehead atoms. The molecule has 0 fully saturated rings. The molecule has 1 aromatic carbocycles. The number of benzene rings is 1. The van der Waals surface area contributed by atoms with Gasteiger partial charge >= 0.3 is 0 Å². The molecule has 3 aromatic rings. The monoisotopic (exact) mass is 282 g/mol. The minimum Gasteiger partial charge on any atom is -0.326 e. The molecule has 2 heterocycles. The predicted octanol–water partition coefficient (Wildman–Crippen LogP) is 4.31. The van der Waals surface area contributed by atoms with Crippen molar-refractivity contribution in [3.05, 3.63) is 48.7 Å². The van der Waals surface area contributed by atoms with Crippen molar-refractivity contribution in [3.8, 4) is 10.4 Å². The highest BCUT2D eigenvalue weighted by Gasteiger charge is 2.05. The lowest BCUT2D eigenvalue weighted by Crippen LogP contribution is -2.08. The molecule has 2 aromatic heterocycles. The third-order valence-electron chi connectivity index (χ3n) is 3.07. The van der Waals surface area contributed by atoms with Crippen LogP contribution in [-0.4, -0.2) is 10.9 Å². The fourth-order valence-corrected chi connectivity index (χ4v) is 2.99. The van der Waals surface area contributed by atoms with Gasteiger partial charge in [-0.3, -0.25) is 4.79 Å². The Morgan fingerprint density at radius 1 is 1.25 bits per heavy atom. The van der Waals surface area contributed by atoms with Crippen LogP contribution in [0.5, 0.6) is 0 Å². The van der Waals surface area contributed by atoms with Crippen LogP contribution in [0.4, 0.5) is 5.69 Å². The molecule has 0 unspecified atom stereocenters. The van der Waals surface area contributed by atoms with Crippen molar-refractivity contribution in [2.75, 3.05) is 5.32 Å². The summed E-state index contributed by atoms with van der Waals surface area (Å²) in [7, 11) is 0. The highest BCUT2D eigenvalue weighted by atomic mass is 32.1. The largest absolute Gasteiger partial charge is 0.326 e. The number of carbonyl (C=O) groups excluding carboxylic acids is 1. The molecular formula is C16H14N2OS. The van der Waals surface area contributed by atoms with Gasteiger partial charge in [0, 0.05) is 28.6 Å². The quantitative estimate of drug-likeness (QED) is 0.777. The van der Waals surface area contributed by atoms with Gasteiger partial charge in [0.15, 0.2) is 0 Å². The first-order chi connectivity index (χ1) is 9.76. The topological polar surface area (TPSA) is 42.0 Å². The Kier molecular flexibility index (Phi) is 3.48. The molecule has 0 radical (unpaired) electrons. The van der Waals surface area contributed by atoms with E-state index in [1.807, 2.05) is 43.5 Å². The molecule has 4 heteroatoms. The van der Waals surface area contributed by atoms with E-state index in [2.05, 4.69) is 22.4 Å². The van der Waals surface area contributed by atoms with Crippen LogP contribution in [0.2, 0.25) is 0 Å². The lowest BCUT2D eigenvalue weighted by atomic mass is 10.1. The van der Waals surface area contributed by atoms with E-state index >= 15 is 0 Å². The van der Waals surface area contributed by atoms with Gasteiger partial charge < -0.3 is 5.32 Å². The van der Waals surface area contributed by atoms with Crippen LogP contribution in [0, 0.1) is 0 Å². The number of nitrogens with one attached hydrogen (secondary N) is 1. The first-order valence-electron chi connectivity index (χ1n) is 6.51. The predicted molar refractivity (Wildman–Crippen MR) is 84.0 cm³/mol. The molecule has 1 amide bonds. The molecule has 20 heavy (non-hydrogen) atoms. The number of hydrogen-bond acceptors (Lipinski definition) is 3. The smallest absolute Gasteiger partial charge is 0.224 e. The molecule has 0 spiro atoms. The number of nitrogens with zero attached hydrogens (tertiary/aromatic N) is 1. The van der Waals surface area contributed by atoms with Crippen molar-refractivity contribution in [2.24, 2.45) is 0 Å². The van der Waals surface area contributed by atoms with Crippen LogP contribution < -0.4 is 5.32 Å². The minimum absolute atomic E-state index is 0.0313. The summed E-state index contributed by atoms with van der Waals surface area (Å²) >= 11 is 1.68. The van der Waals surface area contributed by atoms with Crippen molar-refractivity contribution < 1.29 is 4.79 Å². The first kappa shape index (κ1) is 12.8. The van der Waals surface area contributed by atoms with E-state index in [1.165, 1.54) is 4.88 Å². The van der Waals surface area contributed by atoms with Gasteiger partial charge in [-0.05, 0) is 29.8 Å². The maximum atomic E-state index is 11.3. The van der Waals surface area contributed by atoms with Gasteiger partial charge in [-0.15, -0.1) is 11.3 Å². The lowest BCUT2D eigenvalue weighted by Gasteiger charge is -2.04. The van der Waals surface area contributed by atoms with Crippen LogP contribution in [0.15, 0.2) is 48.7 Å². The summed E-state index contributed by atoms with van der Waals surface area (Å²) < 4.78 is 0. The SMILES string of the molecule is CCC(=O)Nc1ccc(-c2cc3cccnc3s2)cc1. The number of amides is 1. The molecule has 0 saturated carbocycles. The average molecular weight is 282 g/mol. The maximum absolute atomic E-state index is 11.3. The molecule has 3 nitrogen and oxygen atoms in total. The second-order valence-corrected chi connectivity index (χ2v) is 5.52. The summed E-state index contributed by atoms with van der Waals surface area (Å²) in [6, 6.07) is 14.1. The number of rotatable bonds is 3. The van der Waals surface area contributed by atoms with Gasteiger partial charge in [0.25, 0.3) is 0 Å². The maximum Gasteiger partial charge on any atom is 0.224 e. The van der Waals surface area contributed by atoms with E-state index < -0.39 is 0 Å². The third kappa shape index (κ3) is 2.56. The molecular weight excluding hydrogens is 268 g/mol. The van der Waals surface area contributed by atoms with Crippen LogP contribution in [0.3, 0.4) is 0 Å². The van der Waals surface area contributed by atoms with Gasteiger partial charge in [-0.25, -0.2) is 4.98 Å². The zero-order chi connectivity index (χ0) is 13.9. The van der Waals surface area contributed by atoms with Crippen molar-refractivity contribution in [1.29, 1.82) is 0 Å². The average Bonchev–Trinajstić information content (AvgIpc) is 2.91. The first-order valence-corrected chi connectivity index (χ1v) is 7.33.